The Hall–Kier alpha value is -1.80. The topological polar surface area (TPSA) is 66.7 Å². The van der Waals surface area contributed by atoms with Crippen molar-refractivity contribution in [2.75, 3.05) is 31.1 Å². The van der Waals surface area contributed by atoms with Gasteiger partial charge in [-0.1, -0.05) is 46.6 Å². The Labute approximate surface area is 167 Å². The van der Waals surface area contributed by atoms with Gasteiger partial charge in [-0.15, -0.1) is 0 Å². The van der Waals surface area contributed by atoms with Gasteiger partial charge >= 0.3 is 0 Å². The molecule has 1 fully saturated rings. The van der Waals surface area contributed by atoms with Crippen LogP contribution < -0.4 is 4.90 Å². The maximum Gasteiger partial charge on any atom is 0.220 e. The van der Waals surface area contributed by atoms with Crippen LogP contribution in [0.15, 0.2) is 47.0 Å². The van der Waals surface area contributed by atoms with Gasteiger partial charge < -0.3 is 9.42 Å². The Morgan fingerprint density at radius 1 is 1.00 bits per heavy atom. The van der Waals surface area contributed by atoms with Crippen LogP contribution in [0.5, 0.6) is 0 Å². The first-order valence-electron chi connectivity index (χ1n) is 8.46. The van der Waals surface area contributed by atoms with Gasteiger partial charge in [-0.3, -0.25) is 0 Å². The van der Waals surface area contributed by atoms with Crippen molar-refractivity contribution in [1.29, 1.82) is 0 Å². The van der Waals surface area contributed by atoms with E-state index in [1.807, 2.05) is 35.2 Å². The number of hydrogen-bond acceptors (Lipinski definition) is 5. The average Bonchev–Trinajstić information content (AvgIpc) is 3.07. The molecule has 0 saturated carbocycles. The summed E-state index contributed by atoms with van der Waals surface area (Å²) in [5.41, 5.74) is 1.85. The van der Waals surface area contributed by atoms with Crippen LogP contribution in [0.2, 0.25) is 10.0 Å². The SMILES string of the molecule is O=S(=O)(Cc1noc2ccccc12)N1CCN(c2cccc(Cl)c2Cl)CC1. The Morgan fingerprint density at radius 3 is 2.52 bits per heavy atom. The summed E-state index contributed by atoms with van der Waals surface area (Å²) in [4.78, 5) is 2.05. The van der Waals surface area contributed by atoms with E-state index < -0.39 is 10.0 Å². The number of halogens is 2. The highest BCUT2D eigenvalue weighted by Gasteiger charge is 2.29. The molecule has 6 nitrogen and oxygen atoms in total. The van der Waals surface area contributed by atoms with E-state index in [0.29, 0.717) is 47.5 Å². The lowest BCUT2D eigenvalue weighted by atomic mass is 10.2. The Kier molecular flexibility index (Phi) is 5.03. The van der Waals surface area contributed by atoms with Crippen LogP contribution in [0.3, 0.4) is 0 Å². The first kappa shape index (κ1) is 18.6. The van der Waals surface area contributed by atoms with Crippen molar-refractivity contribution in [1.82, 2.24) is 9.46 Å². The van der Waals surface area contributed by atoms with Gasteiger partial charge in [0.2, 0.25) is 10.0 Å². The van der Waals surface area contributed by atoms with Gasteiger partial charge in [-0.25, -0.2) is 8.42 Å². The van der Waals surface area contributed by atoms with Crippen LogP contribution in [0.4, 0.5) is 5.69 Å². The highest BCUT2D eigenvalue weighted by Crippen LogP contribution is 2.33. The van der Waals surface area contributed by atoms with Gasteiger partial charge in [0.15, 0.2) is 5.58 Å². The number of anilines is 1. The van der Waals surface area contributed by atoms with Gasteiger partial charge in [0, 0.05) is 31.6 Å². The van der Waals surface area contributed by atoms with Crippen molar-refractivity contribution in [3.8, 4) is 0 Å². The minimum atomic E-state index is -3.50. The first-order chi connectivity index (χ1) is 13.0. The smallest absolute Gasteiger partial charge is 0.220 e. The molecular weight excluding hydrogens is 409 g/mol. The van der Waals surface area contributed by atoms with E-state index in [1.165, 1.54) is 4.31 Å². The summed E-state index contributed by atoms with van der Waals surface area (Å²) < 4.78 is 32.4. The molecular formula is C18H17Cl2N3O3S. The third kappa shape index (κ3) is 3.65. The highest BCUT2D eigenvalue weighted by atomic mass is 35.5. The van der Waals surface area contributed by atoms with Crippen molar-refractivity contribution in [2.45, 2.75) is 5.75 Å². The molecule has 0 amide bonds. The Bertz CT molecular complexity index is 1080. The van der Waals surface area contributed by atoms with E-state index in [-0.39, 0.29) is 5.75 Å². The van der Waals surface area contributed by atoms with E-state index in [4.69, 9.17) is 27.7 Å². The van der Waals surface area contributed by atoms with Crippen LogP contribution >= 0.6 is 23.2 Å². The second kappa shape index (κ2) is 7.31. The maximum absolute atomic E-state index is 12.8. The molecule has 1 aliphatic rings. The predicted octanol–water partition coefficient (Wildman–Crippen LogP) is 3.79. The molecule has 0 radical (unpaired) electrons. The van der Waals surface area contributed by atoms with E-state index in [2.05, 4.69) is 5.16 Å². The zero-order chi connectivity index (χ0) is 19.0. The second-order valence-electron chi connectivity index (χ2n) is 6.34. The Balaban J connectivity index is 1.48. The van der Waals surface area contributed by atoms with Crippen molar-refractivity contribution in [3.05, 3.63) is 58.2 Å². The molecule has 0 aliphatic carbocycles. The summed E-state index contributed by atoms with van der Waals surface area (Å²) in [6.45, 7) is 1.83. The summed E-state index contributed by atoms with van der Waals surface area (Å²) in [7, 11) is -3.50. The fourth-order valence-corrected chi connectivity index (χ4v) is 5.12. The van der Waals surface area contributed by atoms with E-state index >= 15 is 0 Å². The highest BCUT2D eigenvalue weighted by molar-refractivity contribution is 7.88. The summed E-state index contributed by atoms with van der Waals surface area (Å²) in [5.74, 6) is -0.179. The van der Waals surface area contributed by atoms with E-state index in [9.17, 15) is 8.42 Å². The molecule has 27 heavy (non-hydrogen) atoms. The number of piperazine rings is 1. The normalized spacial score (nSPS) is 16.1. The van der Waals surface area contributed by atoms with Crippen molar-refractivity contribution in [2.24, 2.45) is 0 Å². The molecule has 4 rings (SSSR count). The molecule has 142 valence electrons. The van der Waals surface area contributed by atoms with Gasteiger partial charge in [0.25, 0.3) is 0 Å². The number of sulfonamides is 1. The molecule has 3 aromatic rings. The fraction of sp³-hybridized carbons (Fsp3) is 0.278. The van der Waals surface area contributed by atoms with Crippen LogP contribution in [0, 0.1) is 0 Å². The van der Waals surface area contributed by atoms with Crippen molar-refractivity contribution >= 4 is 49.9 Å². The standard InChI is InChI=1S/C18H17Cl2N3O3S/c19-14-5-3-6-16(18(14)20)22-8-10-23(11-9-22)27(24,25)12-15-13-4-1-2-7-17(13)26-21-15/h1-7H,8-12H2. The number of rotatable bonds is 4. The van der Waals surface area contributed by atoms with Crippen LogP contribution in [-0.2, 0) is 15.8 Å². The molecule has 1 aliphatic heterocycles. The van der Waals surface area contributed by atoms with Crippen molar-refractivity contribution < 1.29 is 12.9 Å². The van der Waals surface area contributed by atoms with Crippen LogP contribution in [0.25, 0.3) is 11.0 Å². The number of benzene rings is 2. The largest absolute Gasteiger partial charge is 0.368 e. The monoisotopic (exact) mass is 425 g/mol. The second-order valence-corrected chi connectivity index (χ2v) is 9.09. The number of hydrogen-bond donors (Lipinski definition) is 0. The zero-order valence-electron chi connectivity index (χ0n) is 14.3. The Morgan fingerprint density at radius 2 is 1.74 bits per heavy atom. The molecule has 0 bridgehead atoms. The molecule has 0 N–H and O–H groups in total. The first-order valence-corrected chi connectivity index (χ1v) is 10.8. The zero-order valence-corrected chi connectivity index (χ0v) is 16.6. The molecule has 1 saturated heterocycles. The lowest BCUT2D eigenvalue weighted by molar-refractivity contribution is 0.383. The lowest BCUT2D eigenvalue weighted by Crippen LogP contribution is -2.49. The molecule has 2 heterocycles. The summed E-state index contributed by atoms with van der Waals surface area (Å²) >= 11 is 12.4. The summed E-state index contributed by atoms with van der Waals surface area (Å²) in [5, 5.41) is 5.64. The van der Waals surface area contributed by atoms with Crippen LogP contribution in [-0.4, -0.2) is 44.1 Å². The van der Waals surface area contributed by atoms with E-state index in [0.717, 1.165) is 11.1 Å². The lowest BCUT2D eigenvalue weighted by Gasteiger charge is -2.35. The van der Waals surface area contributed by atoms with Crippen LogP contribution in [0.1, 0.15) is 5.69 Å². The molecule has 0 spiro atoms. The fourth-order valence-electron chi connectivity index (χ4n) is 3.25. The summed E-state index contributed by atoms with van der Waals surface area (Å²) in [6.07, 6.45) is 0. The predicted molar refractivity (Wildman–Crippen MR) is 107 cm³/mol. The average molecular weight is 426 g/mol. The molecule has 2 aromatic carbocycles. The molecule has 0 atom stereocenters. The molecule has 9 heteroatoms. The third-order valence-electron chi connectivity index (χ3n) is 4.68. The van der Waals surface area contributed by atoms with Crippen molar-refractivity contribution in [3.63, 3.8) is 0 Å². The van der Waals surface area contributed by atoms with E-state index in [1.54, 1.807) is 12.1 Å². The number of fused-ring (bicyclic) bond motifs is 1. The molecule has 1 aromatic heterocycles. The maximum atomic E-state index is 12.8. The third-order valence-corrected chi connectivity index (χ3v) is 7.27. The van der Waals surface area contributed by atoms with Gasteiger partial charge in [-0.05, 0) is 24.3 Å². The number of para-hydroxylation sites is 1. The minimum Gasteiger partial charge on any atom is -0.368 e. The summed E-state index contributed by atoms with van der Waals surface area (Å²) in [6, 6.07) is 12.7. The quantitative estimate of drug-likeness (QED) is 0.635. The number of aromatic nitrogens is 1. The van der Waals surface area contributed by atoms with Gasteiger partial charge in [0.1, 0.15) is 11.4 Å². The molecule has 0 unspecified atom stereocenters. The van der Waals surface area contributed by atoms with Gasteiger partial charge in [-0.2, -0.15) is 4.31 Å². The van der Waals surface area contributed by atoms with Gasteiger partial charge in [0.05, 0.1) is 15.7 Å². The number of nitrogens with zero attached hydrogens (tertiary/aromatic N) is 3. The minimum absolute atomic E-state index is 0.179.